The van der Waals surface area contributed by atoms with Crippen molar-refractivity contribution in [1.29, 1.82) is 0 Å². The minimum atomic E-state index is -0.183. The Kier molecular flexibility index (Phi) is 6.52. The average Bonchev–Trinajstić information content (AvgIpc) is 3.02. The van der Waals surface area contributed by atoms with E-state index < -0.39 is 0 Å². The molecular weight excluding hydrogens is 266 g/mol. The Morgan fingerprint density at radius 3 is 2.24 bits per heavy atom. The molecule has 21 heavy (non-hydrogen) atoms. The highest BCUT2D eigenvalue weighted by Gasteiger charge is 2.32. The lowest BCUT2D eigenvalue weighted by atomic mass is 9.88. The summed E-state index contributed by atoms with van der Waals surface area (Å²) in [6, 6.07) is 0.355. The van der Waals surface area contributed by atoms with Gasteiger partial charge in [0.2, 0.25) is 5.91 Å². The van der Waals surface area contributed by atoms with Crippen molar-refractivity contribution in [3.8, 4) is 0 Å². The Hall–Kier alpha value is -1.06. The van der Waals surface area contributed by atoms with Crippen molar-refractivity contribution < 1.29 is 14.3 Å². The van der Waals surface area contributed by atoms with Gasteiger partial charge in [-0.1, -0.05) is 32.1 Å². The molecule has 0 aliphatic heterocycles. The second-order valence-corrected chi connectivity index (χ2v) is 6.36. The van der Waals surface area contributed by atoms with E-state index in [-0.39, 0.29) is 11.9 Å². The molecule has 4 heteroatoms. The number of nitrogens with zero attached hydrogens (tertiary/aromatic N) is 1. The molecule has 2 fully saturated rings. The molecule has 0 atom stereocenters. The number of hydrogen-bond donors (Lipinski definition) is 0. The van der Waals surface area contributed by atoms with E-state index in [1.54, 1.807) is 0 Å². The van der Waals surface area contributed by atoms with Crippen molar-refractivity contribution in [1.82, 2.24) is 4.90 Å². The number of amides is 1. The second kappa shape index (κ2) is 8.40. The van der Waals surface area contributed by atoms with Crippen molar-refractivity contribution in [3.63, 3.8) is 0 Å². The van der Waals surface area contributed by atoms with E-state index in [2.05, 4.69) is 0 Å². The lowest BCUT2D eigenvalue weighted by Gasteiger charge is -2.33. The summed E-state index contributed by atoms with van der Waals surface area (Å²) < 4.78 is 5.00. The summed E-state index contributed by atoms with van der Waals surface area (Å²) in [7, 11) is 0. The van der Waals surface area contributed by atoms with Crippen LogP contribution in [0.5, 0.6) is 0 Å². The standard InChI is InChI=1S/C17H29NO3/c1-2-21-16(19)12-13-18(15-10-6-7-11-15)17(20)14-8-4-3-5-9-14/h14-15H,2-13H2,1H3. The third-order valence-corrected chi connectivity index (χ3v) is 4.87. The Balaban J connectivity index is 1.93. The zero-order valence-corrected chi connectivity index (χ0v) is 13.3. The van der Waals surface area contributed by atoms with E-state index >= 15 is 0 Å². The molecular formula is C17H29NO3. The molecule has 0 heterocycles. The zero-order valence-electron chi connectivity index (χ0n) is 13.3. The topological polar surface area (TPSA) is 46.6 Å². The monoisotopic (exact) mass is 295 g/mol. The summed E-state index contributed by atoms with van der Waals surface area (Å²) >= 11 is 0. The van der Waals surface area contributed by atoms with E-state index in [1.807, 2.05) is 11.8 Å². The van der Waals surface area contributed by atoms with Crippen LogP contribution in [-0.4, -0.2) is 36.0 Å². The first-order valence-electron chi connectivity index (χ1n) is 8.68. The van der Waals surface area contributed by atoms with Gasteiger partial charge in [-0.3, -0.25) is 9.59 Å². The third kappa shape index (κ3) is 4.72. The van der Waals surface area contributed by atoms with E-state index in [1.165, 1.54) is 32.1 Å². The van der Waals surface area contributed by atoms with Crippen LogP contribution in [0.15, 0.2) is 0 Å². The molecule has 0 aromatic heterocycles. The molecule has 0 unspecified atom stereocenters. The second-order valence-electron chi connectivity index (χ2n) is 6.36. The SMILES string of the molecule is CCOC(=O)CCN(C(=O)C1CCCCC1)C1CCCC1. The first-order valence-corrected chi connectivity index (χ1v) is 8.68. The van der Waals surface area contributed by atoms with Gasteiger partial charge in [-0.15, -0.1) is 0 Å². The van der Waals surface area contributed by atoms with Crippen molar-refractivity contribution in [3.05, 3.63) is 0 Å². The molecule has 2 saturated carbocycles. The average molecular weight is 295 g/mol. The first kappa shape index (κ1) is 16.3. The number of esters is 1. The van der Waals surface area contributed by atoms with Crippen LogP contribution < -0.4 is 0 Å². The van der Waals surface area contributed by atoms with Crippen LogP contribution >= 0.6 is 0 Å². The number of ether oxygens (including phenoxy) is 1. The summed E-state index contributed by atoms with van der Waals surface area (Å²) in [5.74, 6) is 0.310. The van der Waals surface area contributed by atoms with Gasteiger partial charge in [-0.2, -0.15) is 0 Å². The minimum Gasteiger partial charge on any atom is -0.466 e. The highest BCUT2D eigenvalue weighted by Crippen LogP contribution is 2.30. The Labute approximate surface area is 128 Å². The normalized spacial score (nSPS) is 20.4. The van der Waals surface area contributed by atoms with Gasteiger partial charge >= 0.3 is 5.97 Å². The van der Waals surface area contributed by atoms with Crippen molar-refractivity contribution >= 4 is 11.9 Å². The largest absolute Gasteiger partial charge is 0.466 e. The molecule has 0 spiro atoms. The third-order valence-electron chi connectivity index (χ3n) is 4.87. The van der Waals surface area contributed by atoms with Gasteiger partial charge in [0.1, 0.15) is 0 Å². The molecule has 0 N–H and O–H groups in total. The van der Waals surface area contributed by atoms with E-state index in [9.17, 15) is 9.59 Å². The van der Waals surface area contributed by atoms with Gasteiger partial charge in [0.05, 0.1) is 13.0 Å². The highest BCUT2D eigenvalue weighted by atomic mass is 16.5. The summed E-state index contributed by atoms with van der Waals surface area (Å²) in [6.07, 6.45) is 10.6. The molecule has 2 aliphatic rings. The lowest BCUT2D eigenvalue weighted by molar-refractivity contribution is -0.145. The molecule has 0 radical (unpaired) electrons. The quantitative estimate of drug-likeness (QED) is 0.706. The van der Waals surface area contributed by atoms with Crippen LogP contribution in [0.3, 0.4) is 0 Å². The van der Waals surface area contributed by atoms with Gasteiger partial charge in [0, 0.05) is 18.5 Å². The van der Waals surface area contributed by atoms with Crippen LogP contribution in [0.25, 0.3) is 0 Å². The van der Waals surface area contributed by atoms with Gasteiger partial charge in [-0.25, -0.2) is 0 Å². The Morgan fingerprint density at radius 2 is 1.62 bits per heavy atom. The predicted molar refractivity (Wildman–Crippen MR) is 81.8 cm³/mol. The maximum Gasteiger partial charge on any atom is 0.307 e. The molecule has 0 aromatic carbocycles. The summed E-state index contributed by atoms with van der Waals surface area (Å²) in [5, 5.41) is 0. The van der Waals surface area contributed by atoms with Crippen molar-refractivity contribution in [2.24, 2.45) is 5.92 Å². The molecule has 0 aromatic rings. The van der Waals surface area contributed by atoms with Crippen LogP contribution in [-0.2, 0) is 14.3 Å². The van der Waals surface area contributed by atoms with Gasteiger partial charge in [0.25, 0.3) is 0 Å². The van der Waals surface area contributed by atoms with Crippen LogP contribution in [0.4, 0.5) is 0 Å². The molecule has 120 valence electrons. The van der Waals surface area contributed by atoms with E-state index in [0.29, 0.717) is 31.5 Å². The fourth-order valence-electron chi connectivity index (χ4n) is 3.72. The maximum atomic E-state index is 12.8. The zero-order chi connectivity index (χ0) is 15.1. The predicted octanol–water partition coefficient (Wildman–Crippen LogP) is 3.29. The number of hydrogen-bond acceptors (Lipinski definition) is 3. The molecule has 4 nitrogen and oxygen atoms in total. The van der Waals surface area contributed by atoms with Crippen molar-refractivity contribution in [2.75, 3.05) is 13.2 Å². The highest BCUT2D eigenvalue weighted by molar-refractivity contribution is 5.80. The molecule has 2 aliphatic carbocycles. The smallest absolute Gasteiger partial charge is 0.307 e. The van der Waals surface area contributed by atoms with Crippen molar-refractivity contribution in [2.45, 2.75) is 77.2 Å². The summed E-state index contributed by atoms with van der Waals surface area (Å²) in [5.41, 5.74) is 0. The number of carbonyl (C=O) groups is 2. The summed E-state index contributed by atoms with van der Waals surface area (Å²) in [6.45, 7) is 2.78. The van der Waals surface area contributed by atoms with Crippen LogP contribution in [0.2, 0.25) is 0 Å². The molecule has 2 rings (SSSR count). The maximum absolute atomic E-state index is 12.8. The first-order chi connectivity index (χ1) is 10.2. The molecule has 0 saturated heterocycles. The number of carbonyl (C=O) groups excluding carboxylic acids is 2. The molecule has 0 bridgehead atoms. The van der Waals surface area contributed by atoms with Crippen LogP contribution in [0.1, 0.15) is 71.1 Å². The van der Waals surface area contributed by atoms with Crippen LogP contribution in [0, 0.1) is 5.92 Å². The lowest BCUT2D eigenvalue weighted by Crippen LogP contribution is -2.44. The number of rotatable bonds is 6. The minimum absolute atomic E-state index is 0.183. The fraction of sp³-hybridized carbons (Fsp3) is 0.882. The van der Waals surface area contributed by atoms with Gasteiger partial charge in [0.15, 0.2) is 0 Å². The fourth-order valence-corrected chi connectivity index (χ4v) is 3.72. The van der Waals surface area contributed by atoms with E-state index in [0.717, 1.165) is 25.7 Å². The molecule has 1 amide bonds. The van der Waals surface area contributed by atoms with E-state index in [4.69, 9.17) is 4.74 Å². The Morgan fingerprint density at radius 1 is 1.00 bits per heavy atom. The van der Waals surface area contributed by atoms with Gasteiger partial charge in [-0.05, 0) is 32.6 Å². The summed E-state index contributed by atoms with van der Waals surface area (Å²) in [4.78, 5) is 26.4. The van der Waals surface area contributed by atoms with Gasteiger partial charge < -0.3 is 9.64 Å². The Bertz CT molecular complexity index is 344.